The van der Waals surface area contributed by atoms with E-state index in [-0.39, 0.29) is 17.4 Å². The molecule has 0 radical (unpaired) electrons. The molecular weight excluding hydrogens is 345 g/mol. The number of fused-ring (bicyclic) bond motifs is 1. The number of hydrogen-bond acceptors (Lipinski definition) is 4. The van der Waals surface area contributed by atoms with E-state index in [1.807, 2.05) is 6.08 Å². The normalized spacial score (nSPS) is 17.5. The predicted molar refractivity (Wildman–Crippen MR) is 92.0 cm³/mol. The van der Waals surface area contributed by atoms with Gasteiger partial charge in [-0.25, -0.2) is 14.2 Å². The fourth-order valence-electron chi connectivity index (χ4n) is 2.55. The van der Waals surface area contributed by atoms with Crippen LogP contribution in [0.4, 0.5) is 4.39 Å². The Morgan fingerprint density at radius 2 is 1.96 bits per heavy atom. The molecule has 2 aliphatic rings. The molecule has 2 aliphatic heterocycles. The van der Waals surface area contributed by atoms with Crippen molar-refractivity contribution in [1.29, 1.82) is 0 Å². The predicted octanol–water partition coefficient (Wildman–Crippen LogP) is 4.14. The Balaban J connectivity index is 1.65. The van der Waals surface area contributed by atoms with Gasteiger partial charge in [-0.1, -0.05) is 11.6 Å². The number of halogens is 2. The highest BCUT2D eigenvalue weighted by molar-refractivity contribution is 6.30. The topological polar surface area (TPSA) is 47.9 Å². The van der Waals surface area contributed by atoms with Gasteiger partial charge in [0.2, 0.25) is 5.90 Å². The van der Waals surface area contributed by atoms with Crippen molar-refractivity contribution >= 4 is 29.5 Å². The minimum Gasteiger partial charge on any atom is -0.488 e. The molecule has 6 heteroatoms. The van der Waals surface area contributed by atoms with Crippen LogP contribution >= 0.6 is 11.6 Å². The number of ether oxygens (including phenoxy) is 2. The van der Waals surface area contributed by atoms with Gasteiger partial charge in [-0.2, -0.15) is 0 Å². The molecule has 0 fully saturated rings. The smallest absolute Gasteiger partial charge is 0.363 e. The number of hydrogen-bond donors (Lipinski definition) is 0. The number of cyclic esters (lactones) is 1. The lowest BCUT2D eigenvalue weighted by Crippen LogP contribution is -2.08. The van der Waals surface area contributed by atoms with Crippen LogP contribution in [-0.2, 0) is 9.53 Å². The summed E-state index contributed by atoms with van der Waals surface area (Å²) in [6.45, 7) is 0.312. The van der Waals surface area contributed by atoms with Gasteiger partial charge in [0.25, 0.3) is 0 Å². The third-order valence-corrected chi connectivity index (χ3v) is 3.98. The van der Waals surface area contributed by atoms with Crippen molar-refractivity contribution in [2.45, 2.75) is 0 Å². The zero-order valence-electron chi connectivity index (χ0n) is 12.8. The minimum absolute atomic E-state index is 0.150. The Hall–Kier alpha value is -2.92. The number of rotatable bonds is 2. The van der Waals surface area contributed by atoms with E-state index in [0.29, 0.717) is 17.2 Å². The van der Waals surface area contributed by atoms with E-state index in [2.05, 4.69) is 4.99 Å². The van der Waals surface area contributed by atoms with Crippen molar-refractivity contribution in [1.82, 2.24) is 0 Å². The van der Waals surface area contributed by atoms with Gasteiger partial charge in [0, 0.05) is 16.1 Å². The first-order valence-corrected chi connectivity index (χ1v) is 7.88. The van der Waals surface area contributed by atoms with Crippen LogP contribution in [0, 0.1) is 5.82 Å². The fraction of sp³-hybridized carbons (Fsp3) is 0.0526. The molecule has 0 aliphatic carbocycles. The lowest BCUT2D eigenvalue weighted by molar-refractivity contribution is -0.130. The summed E-state index contributed by atoms with van der Waals surface area (Å²) in [5.41, 5.74) is 2.30. The van der Waals surface area contributed by atoms with Crippen molar-refractivity contribution < 1.29 is 18.7 Å². The molecule has 4 rings (SSSR count). The second-order valence-electron chi connectivity index (χ2n) is 5.53. The summed E-state index contributed by atoms with van der Waals surface area (Å²) >= 11 is 5.99. The average Bonchev–Trinajstić information content (AvgIpc) is 2.96. The fourth-order valence-corrected chi connectivity index (χ4v) is 2.73. The maximum atomic E-state index is 13.0. The minimum atomic E-state index is -0.558. The highest BCUT2D eigenvalue weighted by Gasteiger charge is 2.25. The lowest BCUT2D eigenvalue weighted by Gasteiger charge is -2.16. The Bertz CT molecular complexity index is 961. The Morgan fingerprint density at radius 1 is 1.16 bits per heavy atom. The SMILES string of the molecule is O=C1OC(c2ccc(F)cc2)=N/C1=C\C1=Cc2cc(Cl)ccc2OC1. The van der Waals surface area contributed by atoms with Gasteiger partial charge >= 0.3 is 5.97 Å². The van der Waals surface area contributed by atoms with Gasteiger partial charge in [0.15, 0.2) is 5.70 Å². The molecular formula is C19H11ClFNO3. The summed E-state index contributed by atoms with van der Waals surface area (Å²) in [5, 5.41) is 0.601. The number of nitrogens with zero attached hydrogens (tertiary/aromatic N) is 1. The van der Waals surface area contributed by atoms with Crippen LogP contribution in [0.1, 0.15) is 11.1 Å². The molecule has 0 amide bonds. The van der Waals surface area contributed by atoms with Crippen LogP contribution in [0.3, 0.4) is 0 Å². The summed E-state index contributed by atoms with van der Waals surface area (Å²) < 4.78 is 23.8. The molecule has 2 aromatic carbocycles. The van der Waals surface area contributed by atoms with E-state index in [0.717, 1.165) is 16.9 Å². The average molecular weight is 356 g/mol. The van der Waals surface area contributed by atoms with Gasteiger partial charge in [-0.15, -0.1) is 0 Å². The van der Waals surface area contributed by atoms with Crippen LogP contribution in [0.25, 0.3) is 6.08 Å². The van der Waals surface area contributed by atoms with Gasteiger partial charge in [-0.05, 0) is 60.2 Å². The first-order valence-electron chi connectivity index (χ1n) is 7.50. The van der Waals surface area contributed by atoms with Gasteiger partial charge in [0.05, 0.1) is 0 Å². The summed E-state index contributed by atoms with van der Waals surface area (Å²) in [6, 6.07) is 10.9. The summed E-state index contributed by atoms with van der Waals surface area (Å²) in [5.74, 6) is -0.0449. The van der Waals surface area contributed by atoms with E-state index < -0.39 is 5.97 Å². The van der Waals surface area contributed by atoms with E-state index in [4.69, 9.17) is 21.1 Å². The van der Waals surface area contributed by atoms with E-state index >= 15 is 0 Å². The van der Waals surface area contributed by atoms with Crippen LogP contribution in [0.2, 0.25) is 5.02 Å². The highest BCUT2D eigenvalue weighted by atomic mass is 35.5. The molecule has 0 atom stereocenters. The number of carbonyl (C=O) groups is 1. The molecule has 124 valence electrons. The van der Waals surface area contributed by atoms with Crippen molar-refractivity contribution in [3.8, 4) is 5.75 Å². The molecule has 0 N–H and O–H groups in total. The number of aliphatic imine (C=N–C) groups is 1. The lowest BCUT2D eigenvalue weighted by atomic mass is 10.1. The Kier molecular flexibility index (Phi) is 3.86. The van der Waals surface area contributed by atoms with E-state index in [1.54, 1.807) is 24.3 Å². The van der Waals surface area contributed by atoms with Crippen molar-refractivity contribution in [2.75, 3.05) is 6.61 Å². The number of benzene rings is 2. The molecule has 0 saturated carbocycles. The van der Waals surface area contributed by atoms with Crippen LogP contribution in [-0.4, -0.2) is 18.5 Å². The standard InChI is InChI=1S/C19H11ClFNO3/c20-14-3-6-17-13(9-14)7-11(10-24-17)8-16-19(23)25-18(22-16)12-1-4-15(21)5-2-12/h1-9H,10H2/b16-8-. The molecule has 2 heterocycles. The zero-order valence-corrected chi connectivity index (χ0v) is 13.6. The highest BCUT2D eigenvalue weighted by Crippen LogP contribution is 2.30. The largest absolute Gasteiger partial charge is 0.488 e. The summed E-state index contributed by atoms with van der Waals surface area (Å²) in [4.78, 5) is 16.2. The van der Waals surface area contributed by atoms with Gasteiger partial charge in [0.1, 0.15) is 18.2 Å². The monoisotopic (exact) mass is 355 g/mol. The molecule has 25 heavy (non-hydrogen) atoms. The first kappa shape index (κ1) is 15.6. The van der Waals surface area contributed by atoms with E-state index in [9.17, 15) is 9.18 Å². The molecule has 2 aromatic rings. The van der Waals surface area contributed by atoms with Gasteiger partial charge in [-0.3, -0.25) is 0 Å². The second kappa shape index (κ2) is 6.18. The van der Waals surface area contributed by atoms with Crippen molar-refractivity contribution in [2.24, 2.45) is 4.99 Å². The van der Waals surface area contributed by atoms with E-state index in [1.165, 1.54) is 24.3 Å². The first-order chi connectivity index (χ1) is 12.1. The van der Waals surface area contributed by atoms with Gasteiger partial charge < -0.3 is 9.47 Å². The Morgan fingerprint density at radius 3 is 2.76 bits per heavy atom. The molecule has 4 nitrogen and oxygen atoms in total. The maximum Gasteiger partial charge on any atom is 0.363 e. The second-order valence-corrected chi connectivity index (χ2v) is 5.97. The third kappa shape index (κ3) is 3.19. The Labute approximate surface area is 147 Å². The summed E-state index contributed by atoms with van der Waals surface area (Å²) in [7, 11) is 0. The molecule has 0 bridgehead atoms. The third-order valence-electron chi connectivity index (χ3n) is 3.74. The zero-order chi connectivity index (χ0) is 17.4. The summed E-state index contributed by atoms with van der Waals surface area (Å²) in [6.07, 6.45) is 3.50. The van der Waals surface area contributed by atoms with Crippen molar-refractivity contribution in [3.63, 3.8) is 0 Å². The van der Waals surface area contributed by atoms with Crippen LogP contribution in [0.5, 0.6) is 5.75 Å². The number of esters is 1. The van der Waals surface area contributed by atoms with Crippen LogP contribution < -0.4 is 4.74 Å². The van der Waals surface area contributed by atoms with Crippen LogP contribution in [0.15, 0.2) is 64.8 Å². The van der Waals surface area contributed by atoms with Crippen molar-refractivity contribution in [3.05, 3.63) is 81.8 Å². The molecule has 0 spiro atoms. The quantitative estimate of drug-likeness (QED) is 0.601. The number of carbonyl (C=O) groups excluding carboxylic acids is 1. The molecule has 0 unspecified atom stereocenters. The molecule has 0 saturated heterocycles. The maximum absolute atomic E-state index is 13.0. The molecule has 0 aromatic heterocycles.